The number of carbonyl (C=O) groups excluding carboxylic acids is 1. The van der Waals surface area contributed by atoms with E-state index < -0.39 is 17.6 Å². The van der Waals surface area contributed by atoms with Gasteiger partial charge < -0.3 is 14.8 Å². The number of rotatable bonds is 9. The van der Waals surface area contributed by atoms with Crippen LogP contribution in [0, 0.1) is 0 Å². The summed E-state index contributed by atoms with van der Waals surface area (Å²) in [6.45, 7) is 0.976. The van der Waals surface area contributed by atoms with Crippen LogP contribution in [-0.4, -0.2) is 44.7 Å². The average molecular weight is 396 g/mol. The third-order valence-corrected chi connectivity index (χ3v) is 3.83. The average Bonchev–Trinajstić information content (AvgIpc) is 2.62. The molecular formula is C20H23F3N2O3. The number of likely N-dealkylation sites (N-methyl/N-ethyl adjacent to an activating group) is 1. The smallest absolute Gasteiger partial charge is 0.416 e. The molecule has 0 aliphatic heterocycles. The number of hydrogen-bond donors (Lipinski definition) is 1. The van der Waals surface area contributed by atoms with Crippen LogP contribution in [0.3, 0.4) is 0 Å². The minimum absolute atomic E-state index is 0.0165. The van der Waals surface area contributed by atoms with Crippen LogP contribution in [-0.2, 0) is 22.3 Å². The highest BCUT2D eigenvalue weighted by Crippen LogP contribution is 2.35. The quantitative estimate of drug-likeness (QED) is 0.655. The zero-order valence-electron chi connectivity index (χ0n) is 15.8. The van der Waals surface area contributed by atoms with Gasteiger partial charge in [0.25, 0.3) is 0 Å². The molecule has 0 aliphatic rings. The fraction of sp³-hybridized carbons (Fsp3) is 0.350. The van der Waals surface area contributed by atoms with Crippen molar-refractivity contribution >= 4 is 11.6 Å². The second-order valence-electron chi connectivity index (χ2n) is 6.26. The molecule has 0 unspecified atom stereocenters. The lowest BCUT2D eigenvalue weighted by molar-refractivity contribution is -0.137. The Morgan fingerprint density at radius 1 is 1.11 bits per heavy atom. The Morgan fingerprint density at radius 3 is 2.46 bits per heavy atom. The summed E-state index contributed by atoms with van der Waals surface area (Å²) < 4.78 is 49.3. The van der Waals surface area contributed by atoms with Crippen molar-refractivity contribution in [2.24, 2.45) is 0 Å². The molecule has 1 N–H and O–H groups in total. The lowest BCUT2D eigenvalue weighted by atomic mass is 10.1. The number of ether oxygens (including phenoxy) is 2. The molecule has 2 aromatic carbocycles. The SMILES string of the molecule is COCCOc1ccc(C(F)(F)F)cc1NC(=O)CN(C)Cc1ccccc1. The molecule has 5 nitrogen and oxygen atoms in total. The number of amides is 1. The van der Waals surface area contributed by atoms with Crippen molar-refractivity contribution in [2.45, 2.75) is 12.7 Å². The summed E-state index contributed by atoms with van der Waals surface area (Å²) in [4.78, 5) is 14.1. The molecule has 0 atom stereocenters. The van der Waals surface area contributed by atoms with Crippen LogP contribution in [0.25, 0.3) is 0 Å². The van der Waals surface area contributed by atoms with Crippen molar-refractivity contribution in [3.05, 3.63) is 59.7 Å². The molecule has 0 fully saturated rings. The maximum absolute atomic E-state index is 13.0. The van der Waals surface area contributed by atoms with E-state index in [1.807, 2.05) is 30.3 Å². The van der Waals surface area contributed by atoms with Gasteiger partial charge in [0.2, 0.25) is 5.91 Å². The number of nitrogens with zero attached hydrogens (tertiary/aromatic N) is 1. The van der Waals surface area contributed by atoms with E-state index in [4.69, 9.17) is 9.47 Å². The van der Waals surface area contributed by atoms with E-state index in [1.54, 1.807) is 11.9 Å². The molecule has 0 saturated carbocycles. The Hall–Kier alpha value is -2.58. The molecule has 1 amide bonds. The molecule has 0 spiro atoms. The number of methoxy groups -OCH3 is 1. The Kier molecular flexibility index (Phi) is 7.83. The Balaban J connectivity index is 2.07. The molecule has 0 heterocycles. The summed E-state index contributed by atoms with van der Waals surface area (Å²) in [6, 6.07) is 12.5. The highest BCUT2D eigenvalue weighted by atomic mass is 19.4. The number of anilines is 1. The predicted octanol–water partition coefficient (Wildman–Crippen LogP) is 3.80. The minimum Gasteiger partial charge on any atom is -0.489 e. The van der Waals surface area contributed by atoms with Gasteiger partial charge in [-0.15, -0.1) is 0 Å². The first-order chi connectivity index (χ1) is 13.3. The van der Waals surface area contributed by atoms with Gasteiger partial charge in [-0.3, -0.25) is 9.69 Å². The van der Waals surface area contributed by atoms with E-state index in [0.29, 0.717) is 6.54 Å². The van der Waals surface area contributed by atoms with E-state index in [1.165, 1.54) is 13.2 Å². The van der Waals surface area contributed by atoms with E-state index >= 15 is 0 Å². The lowest BCUT2D eigenvalue weighted by Gasteiger charge is -2.18. The molecule has 0 bridgehead atoms. The van der Waals surface area contributed by atoms with Crippen molar-refractivity contribution < 1.29 is 27.4 Å². The summed E-state index contributed by atoms with van der Waals surface area (Å²) in [7, 11) is 3.25. The molecular weight excluding hydrogens is 373 g/mol. The van der Waals surface area contributed by atoms with Gasteiger partial charge >= 0.3 is 6.18 Å². The van der Waals surface area contributed by atoms with Crippen LogP contribution in [0.1, 0.15) is 11.1 Å². The van der Waals surface area contributed by atoms with Gasteiger partial charge in [0, 0.05) is 13.7 Å². The first-order valence-electron chi connectivity index (χ1n) is 8.65. The van der Waals surface area contributed by atoms with Gasteiger partial charge in [-0.05, 0) is 30.8 Å². The van der Waals surface area contributed by atoms with Crippen LogP contribution in [0.2, 0.25) is 0 Å². The topological polar surface area (TPSA) is 50.8 Å². The Labute approximate surface area is 162 Å². The van der Waals surface area contributed by atoms with Gasteiger partial charge in [0.1, 0.15) is 12.4 Å². The maximum atomic E-state index is 13.0. The fourth-order valence-corrected chi connectivity index (χ4v) is 2.55. The van der Waals surface area contributed by atoms with Gasteiger partial charge in [-0.1, -0.05) is 30.3 Å². The second-order valence-corrected chi connectivity index (χ2v) is 6.26. The standard InChI is InChI=1S/C20H23F3N2O3/c1-25(13-15-6-4-3-5-7-15)14-19(26)24-17-12-16(20(21,22)23)8-9-18(17)28-11-10-27-2/h3-9,12H,10-11,13-14H2,1-2H3,(H,24,26). The molecule has 8 heteroatoms. The first-order valence-corrected chi connectivity index (χ1v) is 8.65. The summed E-state index contributed by atoms with van der Waals surface area (Å²) in [6.07, 6.45) is -4.52. The third kappa shape index (κ3) is 6.86. The van der Waals surface area contributed by atoms with E-state index in [-0.39, 0.29) is 31.2 Å². The van der Waals surface area contributed by atoms with Crippen LogP contribution in [0.5, 0.6) is 5.75 Å². The first kappa shape index (κ1) is 21.7. The van der Waals surface area contributed by atoms with Crippen molar-refractivity contribution in [3.63, 3.8) is 0 Å². The number of benzene rings is 2. The Bertz CT molecular complexity index is 767. The summed E-state index contributed by atoms with van der Waals surface area (Å²) in [5.41, 5.74) is 0.143. The largest absolute Gasteiger partial charge is 0.489 e. The van der Waals surface area contributed by atoms with E-state index in [9.17, 15) is 18.0 Å². The molecule has 0 aliphatic carbocycles. The highest BCUT2D eigenvalue weighted by Gasteiger charge is 2.31. The van der Waals surface area contributed by atoms with Gasteiger partial charge in [0.05, 0.1) is 24.4 Å². The maximum Gasteiger partial charge on any atom is 0.416 e. The molecule has 2 aromatic rings. The molecule has 0 saturated heterocycles. The second kappa shape index (κ2) is 10.1. The van der Waals surface area contributed by atoms with Gasteiger partial charge in [-0.2, -0.15) is 13.2 Å². The summed E-state index contributed by atoms with van der Waals surface area (Å²) >= 11 is 0. The van der Waals surface area contributed by atoms with E-state index in [0.717, 1.165) is 17.7 Å². The van der Waals surface area contributed by atoms with Crippen molar-refractivity contribution in [3.8, 4) is 5.75 Å². The monoisotopic (exact) mass is 396 g/mol. The number of nitrogens with one attached hydrogen (secondary N) is 1. The van der Waals surface area contributed by atoms with E-state index in [2.05, 4.69) is 5.32 Å². The molecule has 0 aromatic heterocycles. The lowest BCUT2D eigenvalue weighted by Crippen LogP contribution is -2.30. The zero-order chi connectivity index (χ0) is 20.6. The minimum atomic E-state index is -4.52. The van der Waals surface area contributed by atoms with Crippen LogP contribution >= 0.6 is 0 Å². The zero-order valence-corrected chi connectivity index (χ0v) is 15.8. The molecule has 28 heavy (non-hydrogen) atoms. The molecule has 152 valence electrons. The van der Waals surface area contributed by atoms with Crippen molar-refractivity contribution in [1.29, 1.82) is 0 Å². The van der Waals surface area contributed by atoms with Gasteiger partial charge in [-0.25, -0.2) is 0 Å². The number of hydrogen-bond acceptors (Lipinski definition) is 4. The number of alkyl halides is 3. The fourth-order valence-electron chi connectivity index (χ4n) is 2.55. The summed E-state index contributed by atoms with van der Waals surface area (Å²) in [5, 5.41) is 2.52. The third-order valence-electron chi connectivity index (χ3n) is 3.83. The number of carbonyl (C=O) groups is 1. The predicted molar refractivity (Wildman–Crippen MR) is 100 cm³/mol. The van der Waals surface area contributed by atoms with Crippen LogP contribution in [0.4, 0.5) is 18.9 Å². The van der Waals surface area contributed by atoms with Gasteiger partial charge in [0.15, 0.2) is 0 Å². The van der Waals surface area contributed by atoms with Crippen molar-refractivity contribution in [1.82, 2.24) is 4.90 Å². The Morgan fingerprint density at radius 2 is 1.82 bits per heavy atom. The van der Waals surface area contributed by atoms with Crippen molar-refractivity contribution in [2.75, 3.05) is 39.2 Å². The molecule has 0 radical (unpaired) electrons. The highest BCUT2D eigenvalue weighted by molar-refractivity contribution is 5.93. The molecule has 2 rings (SSSR count). The summed E-state index contributed by atoms with van der Waals surface area (Å²) in [5.74, 6) is -0.279. The van der Waals surface area contributed by atoms with Crippen LogP contribution < -0.4 is 10.1 Å². The number of halogens is 3. The van der Waals surface area contributed by atoms with Crippen LogP contribution in [0.15, 0.2) is 48.5 Å². The normalized spacial score (nSPS) is 11.5.